The van der Waals surface area contributed by atoms with Crippen molar-refractivity contribution in [2.24, 2.45) is 5.92 Å². The van der Waals surface area contributed by atoms with E-state index >= 15 is 0 Å². The summed E-state index contributed by atoms with van der Waals surface area (Å²) in [5, 5.41) is 8.12. The zero-order valence-corrected chi connectivity index (χ0v) is 15.2. The lowest BCUT2D eigenvalue weighted by Gasteiger charge is -2.37. The maximum atomic E-state index is 11.8. The molecule has 5 heteroatoms. The first kappa shape index (κ1) is 17.7. The van der Waals surface area contributed by atoms with E-state index in [1.807, 2.05) is 28.8 Å². The van der Waals surface area contributed by atoms with E-state index in [0.29, 0.717) is 18.4 Å². The Bertz CT molecular complexity index is 682. The van der Waals surface area contributed by atoms with Crippen LogP contribution in [0.25, 0.3) is 0 Å². The first-order valence-electron chi connectivity index (χ1n) is 9.22. The smallest absolute Gasteiger partial charge is 0.222 e. The molecule has 1 aromatic heterocycles. The average molecular weight is 340 g/mol. The Hall–Kier alpha value is -2.14. The number of benzene rings is 1. The molecule has 2 aromatic rings. The normalized spacial score (nSPS) is 20.6. The summed E-state index contributed by atoms with van der Waals surface area (Å²) in [4.78, 5) is 13.8. The van der Waals surface area contributed by atoms with Gasteiger partial charge in [-0.3, -0.25) is 9.48 Å². The van der Waals surface area contributed by atoms with Crippen molar-refractivity contribution in [2.75, 3.05) is 13.1 Å². The van der Waals surface area contributed by atoms with E-state index in [9.17, 15) is 4.79 Å². The van der Waals surface area contributed by atoms with Crippen molar-refractivity contribution in [3.05, 3.63) is 53.9 Å². The van der Waals surface area contributed by atoms with Gasteiger partial charge in [-0.05, 0) is 17.9 Å². The topological polar surface area (TPSA) is 50.2 Å². The second-order valence-electron chi connectivity index (χ2n) is 6.98. The van der Waals surface area contributed by atoms with Crippen LogP contribution in [-0.2, 0) is 17.9 Å². The SMILES string of the molecule is CCC(=O)N1CC[C@@H](NCc2cnn(Cc3ccccc3)c2)[C@@H](C)C1. The Balaban J connectivity index is 1.48. The molecule has 1 aliphatic heterocycles. The van der Waals surface area contributed by atoms with Gasteiger partial charge < -0.3 is 10.2 Å². The second kappa shape index (κ2) is 8.30. The predicted molar refractivity (Wildman–Crippen MR) is 99.1 cm³/mol. The molecule has 2 heterocycles. The molecule has 0 unspecified atom stereocenters. The number of aromatic nitrogens is 2. The van der Waals surface area contributed by atoms with Crippen molar-refractivity contribution in [3.63, 3.8) is 0 Å². The van der Waals surface area contributed by atoms with Gasteiger partial charge in [0.2, 0.25) is 5.91 Å². The summed E-state index contributed by atoms with van der Waals surface area (Å²) < 4.78 is 1.98. The van der Waals surface area contributed by atoms with Crippen LogP contribution in [0.3, 0.4) is 0 Å². The summed E-state index contributed by atoms with van der Waals surface area (Å²) in [6.45, 7) is 7.51. The highest BCUT2D eigenvalue weighted by Gasteiger charge is 2.27. The number of piperidine rings is 1. The third-order valence-corrected chi connectivity index (χ3v) is 5.00. The molecule has 1 N–H and O–H groups in total. The number of hydrogen-bond donors (Lipinski definition) is 1. The van der Waals surface area contributed by atoms with Crippen LogP contribution in [0.4, 0.5) is 0 Å². The number of carbonyl (C=O) groups is 1. The minimum atomic E-state index is 0.271. The van der Waals surface area contributed by atoms with Crippen LogP contribution in [0.15, 0.2) is 42.7 Å². The monoisotopic (exact) mass is 340 g/mol. The van der Waals surface area contributed by atoms with Gasteiger partial charge in [0.25, 0.3) is 0 Å². The Labute approximate surface area is 150 Å². The van der Waals surface area contributed by atoms with Gasteiger partial charge >= 0.3 is 0 Å². The molecule has 1 fully saturated rings. The van der Waals surface area contributed by atoms with Gasteiger partial charge in [0.05, 0.1) is 12.7 Å². The summed E-state index contributed by atoms with van der Waals surface area (Å²) >= 11 is 0. The number of nitrogens with one attached hydrogen (secondary N) is 1. The molecule has 0 radical (unpaired) electrons. The van der Waals surface area contributed by atoms with Crippen molar-refractivity contribution in [1.29, 1.82) is 0 Å². The highest BCUT2D eigenvalue weighted by atomic mass is 16.2. The molecule has 0 bridgehead atoms. The molecule has 134 valence electrons. The van der Waals surface area contributed by atoms with E-state index in [-0.39, 0.29) is 5.91 Å². The zero-order valence-electron chi connectivity index (χ0n) is 15.2. The Morgan fingerprint density at radius 1 is 1.28 bits per heavy atom. The highest BCUT2D eigenvalue weighted by Crippen LogP contribution is 2.18. The summed E-state index contributed by atoms with van der Waals surface area (Å²) in [6.07, 6.45) is 5.67. The fourth-order valence-electron chi connectivity index (χ4n) is 3.50. The molecule has 2 atom stereocenters. The number of hydrogen-bond acceptors (Lipinski definition) is 3. The summed E-state index contributed by atoms with van der Waals surface area (Å²) in [5.74, 6) is 0.746. The Morgan fingerprint density at radius 3 is 2.80 bits per heavy atom. The maximum Gasteiger partial charge on any atom is 0.222 e. The van der Waals surface area contributed by atoms with Crippen LogP contribution in [0.2, 0.25) is 0 Å². The summed E-state index contributed by atoms with van der Waals surface area (Å²) in [5.41, 5.74) is 2.46. The molecule has 1 saturated heterocycles. The number of carbonyl (C=O) groups excluding carboxylic acids is 1. The number of nitrogens with zero attached hydrogens (tertiary/aromatic N) is 3. The van der Waals surface area contributed by atoms with Crippen molar-refractivity contribution >= 4 is 5.91 Å². The fourth-order valence-corrected chi connectivity index (χ4v) is 3.50. The molecule has 25 heavy (non-hydrogen) atoms. The number of likely N-dealkylation sites (tertiary alicyclic amines) is 1. The van der Waals surface area contributed by atoms with Crippen molar-refractivity contribution < 1.29 is 4.79 Å². The molecule has 1 amide bonds. The number of amides is 1. The number of rotatable bonds is 6. The standard InChI is InChI=1S/C20H28N4O/c1-3-20(25)23-10-9-19(16(2)13-23)21-11-18-12-22-24(15-18)14-17-7-5-4-6-8-17/h4-8,12,15-16,19,21H,3,9-11,13-14H2,1-2H3/t16-,19+/m0/s1. The molecule has 0 saturated carbocycles. The summed E-state index contributed by atoms with van der Waals surface area (Å²) in [7, 11) is 0. The van der Waals surface area contributed by atoms with Gasteiger partial charge in [0.15, 0.2) is 0 Å². The van der Waals surface area contributed by atoms with Crippen molar-refractivity contribution in [1.82, 2.24) is 20.0 Å². The van der Waals surface area contributed by atoms with Crippen LogP contribution in [0.1, 0.15) is 37.8 Å². The van der Waals surface area contributed by atoms with Crippen LogP contribution >= 0.6 is 0 Å². The Kier molecular flexibility index (Phi) is 5.87. The van der Waals surface area contributed by atoms with Gasteiger partial charge in [-0.25, -0.2) is 0 Å². The van der Waals surface area contributed by atoms with Crippen LogP contribution in [0, 0.1) is 5.92 Å². The molecule has 3 rings (SSSR count). The van der Waals surface area contributed by atoms with E-state index in [0.717, 1.165) is 32.6 Å². The van der Waals surface area contributed by atoms with Gasteiger partial charge in [-0.2, -0.15) is 5.10 Å². The zero-order chi connectivity index (χ0) is 17.6. The van der Waals surface area contributed by atoms with Gasteiger partial charge in [-0.1, -0.05) is 44.2 Å². The van der Waals surface area contributed by atoms with Crippen LogP contribution in [-0.4, -0.2) is 39.7 Å². The minimum Gasteiger partial charge on any atom is -0.342 e. The molecule has 1 aliphatic rings. The lowest BCUT2D eigenvalue weighted by atomic mass is 9.93. The minimum absolute atomic E-state index is 0.271. The second-order valence-corrected chi connectivity index (χ2v) is 6.98. The lowest BCUT2D eigenvalue weighted by molar-refractivity contribution is -0.132. The third-order valence-electron chi connectivity index (χ3n) is 5.00. The molecular weight excluding hydrogens is 312 g/mol. The first-order chi connectivity index (χ1) is 12.2. The van der Waals surface area contributed by atoms with Crippen molar-refractivity contribution in [3.8, 4) is 0 Å². The molecule has 1 aromatic carbocycles. The predicted octanol–water partition coefficient (Wildman–Crippen LogP) is 2.67. The van der Waals surface area contributed by atoms with E-state index in [1.54, 1.807) is 0 Å². The van der Waals surface area contributed by atoms with Crippen molar-refractivity contribution in [2.45, 2.75) is 45.8 Å². The Morgan fingerprint density at radius 2 is 2.08 bits per heavy atom. The van der Waals surface area contributed by atoms with E-state index in [1.165, 1.54) is 11.1 Å². The fraction of sp³-hybridized carbons (Fsp3) is 0.500. The third kappa shape index (κ3) is 4.69. The maximum absolute atomic E-state index is 11.8. The van der Waals surface area contributed by atoms with Crippen LogP contribution in [0.5, 0.6) is 0 Å². The quantitative estimate of drug-likeness (QED) is 0.879. The van der Waals surface area contributed by atoms with Gasteiger partial charge in [0.1, 0.15) is 0 Å². The van der Waals surface area contributed by atoms with Crippen LogP contribution < -0.4 is 5.32 Å². The van der Waals surface area contributed by atoms with E-state index < -0.39 is 0 Å². The summed E-state index contributed by atoms with van der Waals surface area (Å²) in [6, 6.07) is 10.8. The van der Waals surface area contributed by atoms with Gasteiger partial charge in [0, 0.05) is 43.9 Å². The lowest BCUT2D eigenvalue weighted by Crippen LogP contribution is -2.49. The molecule has 0 spiro atoms. The average Bonchev–Trinajstić information content (AvgIpc) is 3.08. The highest BCUT2D eigenvalue weighted by molar-refractivity contribution is 5.75. The van der Waals surface area contributed by atoms with Gasteiger partial charge in [-0.15, -0.1) is 0 Å². The van der Waals surface area contributed by atoms with E-state index in [2.05, 4.69) is 47.8 Å². The first-order valence-corrected chi connectivity index (χ1v) is 9.22. The van der Waals surface area contributed by atoms with E-state index in [4.69, 9.17) is 0 Å². The molecule has 5 nitrogen and oxygen atoms in total. The molecular formula is C20H28N4O. The largest absolute Gasteiger partial charge is 0.342 e. The molecule has 0 aliphatic carbocycles.